The molecule has 0 saturated heterocycles. The molecule has 0 aromatic heterocycles. The van der Waals surface area contributed by atoms with Gasteiger partial charge in [0.15, 0.2) is 0 Å². The van der Waals surface area contributed by atoms with E-state index in [2.05, 4.69) is 28.8 Å². The van der Waals surface area contributed by atoms with Crippen molar-refractivity contribution in [3.05, 3.63) is 71.8 Å². The van der Waals surface area contributed by atoms with Gasteiger partial charge in [-0.3, -0.25) is 14.4 Å². The largest absolute Gasteiger partial charge is 0.342 e. The molecule has 7 nitrogen and oxygen atoms in total. The van der Waals surface area contributed by atoms with Gasteiger partial charge in [-0.1, -0.05) is 48.5 Å². The fraction of sp³-hybridized carbons (Fsp3) is 0.240. The van der Waals surface area contributed by atoms with Crippen molar-refractivity contribution in [3.63, 3.8) is 0 Å². The average Bonchev–Trinajstić information content (AvgIpc) is 2.91. The Labute approximate surface area is 187 Å². The van der Waals surface area contributed by atoms with Gasteiger partial charge in [0.25, 0.3) is 5.91 Å². The van der Waals surface area contributed by atoms with E-state index in [1.807, 2.05) is 49.4 Å². The number of benzene rings is 3. The van der Waals surface area contributed by atoms with Crippen LogP contribution in [0.15, 0.2) is 60.7 Å². The van der Waals surface area contributed by atoms with Crippen LogP contribution in [0.3, 0.4) is 0 Å². The van der Waals surface area contributed by atoms with Crippen molar-refractivity contribution < 1.29 is 14.4 Å². The maximum Gasteiger partial charge on any atom is 0.251 e. The maximum atomic E-state index is 13.7. The van der Waals surface area contributed by atoms with Gasteiger partial charge in [-0.2, -0.15) is 0 Å². The first-order valence-corrected chi connectivity index (χ1v) is 10.6. The van der Waals surface area contributed by atoms with E-state index in [1.54, 1.807) is 11.9 Å². The van der Waals surface area contributed by atoms with Crippen LogP contribution in [0.2, 0.25) is 0 Å². The van der Waals surface area contributed by atoms with Crippen LogP contribution in [0.1, 0.15) is 11.1 Å². The first-order valence-electron chi connectivity index (χ1n) is 10.6. The van der Waals surface area contributed by atoms with Crippen molar-refractivity contribution in [2.75, 3.05) is 29.9 Å². The van der Waals surface area contributed by atoms with Crippen LogP contribution in [-0.4, -0.2) is 44.4 Å². The highest BCUT2D eigenvalue weighted by Crippen LogP contribution is 2.34. The molecule has 0 bridgehead atoms. The molecule has 32 heavy (non-hydrogen) atoms. The highest BCUT2D eigenvalue weighted by atomic mass is 16.2. The topological polar surface area (TPSA) is 81.8 Å². The Morgan fingerprint density at radius 2 is 1.78 bits per heavy atom. The number of hydrogen-bond acceptors (Lipinski definition) is 4. The summed E-state index contributed by atoms with van der Waals surface area (Å²) in [6.07, 6.45) is 0.704. The van der Waals surface area contributed by atoms with Crippen LogP contribution in [-0.2, 0) is 20.9 Å². The van der Waals surface area contributed by atoms with Gasteiger partial charge >= 0.3 is 0 Å². The second kappa shape index (κ2) is 9.20. The molecule has 2 N–H and O–H groups in total. The molecule has 1 atom stereocenters. The summed E-state index contributed by atoms with van der Waals surface area (Å²) < 4.78 is 0. The second-order valence-electron chi connectivity index (χ2n) is 7.90. The number of para-hydroxylation sites is 2. The Balaban J connectivity index is 1.81. The predicted octanol–water partition coefficient (Wildman–Crippen LogP) is 2.36. The van der Waals surface area contributed by atoms with E-state index in [-0.39, 0.29) is 24.9 Å². The van der Waals surface area contributed by atoms with E-state index >= 15 is 0 Å². The highest BCUT2D eigenvalue weighted by Gasteiger charge is 2.35. The van der Waals surface area contributed by atoms with Crippen LogP contribution in [0.25, 0.3) is 10.8 Å². The zero-order chi connectivity index (χ0) is 22.7. The van der Waals surface area contributed by atoms with Gasteiger partial charge in [-0.05, 0) is 48.0 Å². The van der Waals surface area contributed by atoms with Gasteiger partial charge in [0.2, 0.25) is 12.3 Å². The van der Waals surface area contributed by atoms with Crippen LogP contribution < -0.4 is 20.4 Å². The number of carbonyl (C=O) groups is 3. The molecule has 3 aromatic carbocycles. The second-order valence-corrected chi connectivity index (χ2v) is 7.90. The van der Waals surface area contributed by atoms with E-state index in [0.717, 1.165) is 21.9 Å². The van der Waals surface area contributed by atoms with E-state index in [0.29, 0.717) is 24.3 Å². The lowest BCUT2D eigenvalue weighted by Crippen LogP contribution is -2.53. The van der Waals surface area contributed by atoms with Gasteiger partial charge < -0.3 is 20.4 Å². The molecule has 0 radical (unpaired) electrons. The van der Waals surface area contributed by atoms with E-state index in [4.69, 9.17) is 0 Å². The maximum absolute atomic E-state index is 13.7. The summed E-state index contributed by atoms with van der Waals surface area (Å²) in [6.45, 7) is 2.51. The van der Waals surface area contributed by atoms with E-state index in [1.165, 1.54) is 4.90 Å². The number of hydrogen-bond donors (Lipinski definition) is 2. The van der Waals surface area contributed by atoms with Crippen LogP contribution in [0.4, 0.5) is 11.4 Å². The minimum Gasteiger partial charge on any atom is -0.342 e. The molecule has 7 heteroatoms. The molecule has 0 saturated carbocycles. The lowest BCUT2D eigenvalue weighted by molar-refractivity contribution is -0.127. The van der Waals surface area contributed by atoms with Gasteiger partial charge in [-0.25, -0.2) is 0 Å². The summed E-state index contributed by atoms with van der Waals surface area (Å²) in [5.41, 5.74) is 3.38. The minimum absolute atomic E-state index is 0.0693. The van der Waals surface area contributed by atoms with Crippen molar-refractivity contribution in [2.45, 2.75) is 19.5 Å². The first-order chi connectivity index (χ1) is 15.5. The van der Waals surface area contributed by atoms with Gasteiger partial charge in [0, 0.05) is 0 Å². The number of fused-ring (bicyclic) bond motifs is 2. The molecular weight excluding hydrogens is 404 g/mol. The number of rotatable bonds is 6. The van der Waals surface area contributed by atoms with E-state index in [9.17, 15) is 14.4 Å². The van der Waals surface area contributed by atoms with Crippen molar-refractivity contribution in [2.24, 2.45) is 0 Å². The zero-order valence-corrected chi connectivity index (χ0v) is 18.2. The fourth-order valence-electron chi connectivity index (χ4n) is 4.20. The number of amides is 3. The van der Waals surface area contributed by atoms with Gasteiger partial charge in [0.1, 0.15) is 6.04 Å². The number of nitrogens with zero attached hydrogens (tertiary/aromatic N) is 2. The Bertz CT molecular complexity index is 1180. The quantitative estimate of drug-likeness (QED) is 0.589. The normalized spacial score (nSPS) is 15.9. The fourth-order valence-corrected chi connectivity index (χ4v) is 4.20. The summed E-state index contributed by atoms with van der Waals surface area (Å²) in [5.74, 6) is -0.553. The summed E-state index contributed by atoms with van der Waals surface area (Å²) in [7, 11) is 1.66. The lowest BCUT2D eigenvalue weighted by atomic mass is 9.99. The molecular formula is C25H26N4O3. The highest BCUT2D eigenvalue weighted by molar-refractivity contribution is 6.05. The number of nitrogens with one attached hydrogen (secondary N) is 2. The van der Waals surface area contributed by atoms with Crippen molar-refractivity contribution in [3.8, 4) is 0 Å². The number of aryl methyl sites for hydroxylation is 1. The Morgan fingerprint density at radius 1 is 1.06 bits per heavy atom. The summed E-state index contributed by atoms with van der Waals surface area (Å²) in [5, 5.41) is 7.74. The molecule has 1 aliphatic rings. The van der Waals surface area contributed by atoms with Crippen molar-refractivity contribution >= 4 is 40.4 Å². The number of likely N-dealkylation sites (N-methyl/N-ethyl adjacent to an activating group) is 1. The third-order valence-corrected chi connectivity index (χ3v) is 5.82. The summed E-state index contributed by atoms with van der Waals surface area (Å²) in [6, 6.07) is 18.7. The third-order valence-electron chi connectivity index (χ3n) is 5.82. The molecule has 3 aromatic rings. The van der Waals surface area contributed by atoms with Crippen LogP contribution in [0.5, 0.6) is 0 Å². The van der Waals surface area contributed by atoms with Gasteiger partial charge in [-0.15, -0.1) is 0 Å². The van der Waals surface area contributed by atoms with Crippen LogP contribution >= 0.6 is 0 Å². The standard InChI is InChI=1S/C25H26N4O3/c1-17-11-12-18-7-3-4-8-19(18)20(17)14-29-23-10-6-5-9-22(23)28(16-30)15-21(25(29)32)27-24(31)13-26-2/h3-12,16,21,26H,13-15H2,1-2H3,(H,27,31). The zero-order valence-electron chi connectivity index (χ0n) is 18.2. The van der Waals surface area contributed by atoms with Crippen molar-refractivity contribution in [1.82, 2.24) is 10.6 Å². The molecule has 0 spiro atoms. The molecule has 4 rings (SSSR count). The van der Waals surface area contributed by atoms with Crippen molar-refractivity contribution in [1.29, 1.82) is 0 Å². The minimum atomic E-state index is -0.858. The molecule has 3 amide bonds. The predicted molar refractivity (Wildman–Crippen MR) is 126 cm³/mol. The van der Waals surface area contributed by atoms with E-state index < -0.39 is 6.04 Å². The lowest BCUT2D eigenvalue weighted by Gasteiger charge is -2.27. The molecule has 164 valence electrons. The molecule has 0 aliphatic carbocycles. The smallest absolute Gasteiger partial charge is 0.251 e. The third kappa shape index (κ3) is 4.07. The molecule has 1 heterocycles. The molecule has 1 unspecified atom stereocenters. The Morgan fingerprint density at radius 3 is 2.53 bits per heavy atom. The Kier molecular flexibility index (Phi) is 6.18. The average molecular weight is 431 g/mol. The Hall–Kier alpha value is -3.71. The van der Waals surface area contributed by atoms with Crippen LogP contribution in [0, 0.1) is 6.92 Å². The number of anilines is 2. The molecule has 0 fully saturated rings. The van der Waals surface area contributed by atoms with Gasteiger partial charge in [0.05, 0.1) is 31.0 Å². The monoisotopic (exact) mass is 430 g/mol. The number of carbonyl (C=O) groups excluding carboxylic acids is 3. The molecule has 1 aliphatic heterocycles. The first kappa shape index (κ1) is 21.5. The SMILES string of the molecule is CNCC(=O)NC1CN(C=O)c2ccccc2N(Cc2c(C)ccc3ccccc23)C1=O. The summed E-state index contributed by atoms with van der Waals surface area (Å²) >= 11 is 0. The summed E-state index contributed by atoms with van der Waals surface area (Å²) in [4.78, 5) is 41.1.